The minimum Gasteiger partial charge on any atom is -0.0622 e. The molecule has 2 rings (SSSR count). The van der Waals surface area contributed by atoms with Gasteiger partial charge in [0, 0.05) is 0 Å². The molecule has 0 heteroatoms. The molecule has 0 aliphatic rings. The topological polar surface area (TPSA) is 0 Å². The highest BCUT2D eigenvalue weighted by atomic mass is 14.2. The van der Waals surface area contributed by atoms with Crippen LogP contribution in [0.5, 0.6) is 0 Å². The third-order valence-electron chi connectivity index (χ3n) is 3.96. The molecule has 116 valence electrons. The maximum absolute atomic E-state index is 2.36. The fourth-order valence-corrected chi connectivity index (χ4v) is 2.37. The molecule has 0 aromatic heterocycles. The molecule has 2 aromatic carbocycles. The van der Waals surface area contributed by atoms with Gasteiger partial charge in [-0.15, -0.1) is 0 Å². The first-order chi connectivity index (χ1) is 10.2. The van der Waals surface area contributed by atoms with Crippen molar-refractivity contribution >= 4 is 12.2 Å². The fourth-order valence-electron chi connectivity index (χ4n) is 2.37. The molecule has 0 fully saturated rings. The molecule has 22 heavy (non-hydrogen) atoms. The summed E-state index contributed by atoms with van der Waals surface area (Å²) in [6.45, 7) is 13.7. The van der Waals surface area contributed by atoms with Gasteiger partial charge in [0.2, 0.25) is 0 Å². The normalized spacial score (nSPS) is 12.8. The van der Waals surface area contributed by atoms with Gasteiger partial charge in [-0.25, -0.2) is 0 Å². The van der Waals surface area contributed by atoms with Gasteiger partial charge < -0.3 is 0 Å². The molecule has 0 amide bonds. The van der Waals surface area contributed by atoms with Crippen LogP contribution in [0, 0.1) is 0 Å². The van der Waals surface area contributed by atoms with Crippen LogP contribution in [0.1, 0.15) is 63.8 Å². The highest BCUT2D eigenvalue weighted by Crippen LogP contribution is 2.30. The molecule has 0 bridgehead atoms. The van der Waals surface area contributed by atoms with Gasteiger partial charge in [-0.2, -0.15) is 0 Å². The van der Waals surface area contributed by atoms with Crippen molar-refractivity contribution in [2.24, 2.45) is 0 Å². The predicted molar refractivity (Wildman–Crippen MR) is 99.2 cm³/mol. The smallest absolute Gasteiger partial charge is 0.0132 e. The molecule has 0 N–H and O–H groups in total. The van der Waals surface area contributed by atoms with E-state index in [1.165, 1.54) is 22.3 Å². The highest BCUT2D eigenvalue weighted by molar-refractivity contribution is 5.70. The molecular formula is C22H28. The summed E-state index contributed by atoms with van der Waals surface area (Å²) in [4.78, 5) is 0. The summed E-state index contributed by atoms with van der Waals surface area (Å²) in [7, 11) is 0. The molecule has 0 saturated heterocycles. The second-order valence-corrected chi connectivity index (χ2v) is 8.09. The fraction of sp³-hybridized carbons (Fsp3) is 0.364. The first kappa shape index (κ1) is 16.5. The number of hydrogen-bond acceptors (Lipinski definition) is 0. The van der Waals surface area contributed by atoms with E-state index in [0.29, 0.717) is 0 Å². The van der Waals surface area contributed by atoms with Crippen molar-refractivity contribution in [3.05, 3.63) is 70.8 Å². The van der Waals surface area contributed by atoms with Crippen LogP contribution in [0.2, 0.25) is 0 Å². The Labute approximate surface area is 135 Å². The lowest BCUT2D eigenvalue weighted by atomic mass is 9.79. The summed E-state index contributed by atoms with van der Waals surface area (Å²) in [6.07, 6.45) is 4.41. The average molecular weight is 292 g/mol. The Morgan fingerprint density at radius 3 is 1.50 bits per heavy atom. The van der Waals surface area contributed by atoms with Crippen molar-refractivity contribution in [3.63, 3.8) is 0 Å². The zero-order valence-electron chi connectivity index (χ0n) is 14.8. The SMILES string of the molecule is CC(C)(C)c1cc(/C=C/c2ccccc2)cc(C(C)(C)C)c1. The Hall–Kier alpha value is -1.82. The van der Waals surface area contributed by atoms with E-state index in [1.807, 2.05) is 0 Å². The van der Waals surface area contributed by atoms with Crippen molar-refractivity contribution in [2.75, 3.05) is 0 Å². The minimum atomic E-state index is 0.163. The van der Waals surface area contributed by atoms with Crippen LogP contribution in [0.15, 0.2) is 48.5 Å². The van der Waals surface area contributed by atoms with E-state index in [-0.39, 0.29) is 10.8 Å². The zero-order chi connectivity index (χ0) is 16.4. The van der Waals surface area contributed by atoms with E-state index in [1.54, 1.807) is 0 Å². The van der Waals surface area contributed by atoms with Gasteiger partial charge in [-0.1, -0.05) is 102 Å². The first-order valence-corrected chi connectivity index (χ1v) is 8.05. The van der Waals surface area contributed by atoms with Gasteiger partial charge in [-0.05, 0) is 33.1 Å². The summed E-state index contributed by atoms with van der Waals surface area (Å²) in [5, 5.41) is 0. The number of benzene rings is 2. The van der Waals surface area contributed by atoms with Crippen LogP contribution >= 0.6 is 0 Å². The van der Waals surface area contributed by atoms with Gasteiger partial charge >= 0.3 is 0 Å². The van der Waals surface area contributed by atoms with Gasteiger partial charge in [0.1, 0.15) is 0 Å². The van der Waals surface area contributed by atoms with Crippen molar-refractivity contribution in [3.8, 4) is 0 Å². The third-order valence-corrected chi connectivity index (χ3v) is 3.96. The van der Waals surface area contributed by atoms with Gasteiger partial charge in [0.05, 0.1) is 0 Å². The Morgan fingerprint density at radius 2 is 1.05 bits per heavy atom. The zero-order valence-corrected chi connectivity index (χ0v) is 14.8. The molecule has 0 saturated carbocycles. The van der Waals surface area contributed by atoms with Crippen LogP contribution in [-0.4, -0.2) is 0 Å². The van der Waals surface area contributed by atoms with E-state index in [2.05, 4.69) is 102 Å². The first-order valence-electron chi connectivity index (χ1n) is 8.05. The monoisotopic (exact) mass is 292 g/mol. The molecule has 0 radical (unpaired) electrons. The molecule has 0 unspecified atom stereocenters. The summed E-state index contributed by atoms with van der Waals surface area (Å²) in [5.41, 5.74) is 5.63. The molecule has 0 nitrogen and oxygen atoms in total. The van der Waals surface area contributed by atoms with Crippen LogP contribution in [0.3, 0.4) is 0 Å². The van der Waals surface area contributed by atoms with E-state index in [9.17, 15) is 0 Å². The van der Waals surface area contributed by atoms with Crippen LogP contribution in [0.4, 0.5) is 0 Å². The molecule has 0 aliphatic heterocycles. The Bertz CT molecular complexity index is 614. The Morgan fingerprint density at radius 1 is 0.591 bits per heavy atom. The van der Waals surface area contributed by atoms with Crippen LogP contribution < -0.4 is 0 Å². The summed E-state index contributed by atoms with van der Waals surface area (Å²) >= 11 is 0. The van der Waals surface area contributed by atoms with Gasteiger partial charge in [-0.3, -0.25) is 0 Å². The molecule has 0 aliphatic carbocycles. The maximum Gasteiger partial charge on any atom is -0.0132 e. The van der Waals surface area contributed by atoms with Crippen LogP contribution in [-0.2, 0) is 10.8 Å². The third kappa shape index (κ3) is 4.34. The summed E-state index contributed by atoms with van der Waals surface area (Å²) in [5.74, 6) is 0. The van der Waals surface area contributed by atoms with Gasteiger partial charge in [0.15, 0.2) is 0 Å². The molecule has 2 aromatic rings. The molecular weight excluding hydrogens is 264 g/mol. The van der Waals surface area contributed by atoms with Crippen molar-refractivity contribution < 1.29 is 0 Å². The van der Waals surface area contributed by atoms with E-state index >= 15 is 0 Å². The van der Waals surface area contributed by atoms with Crippen LogP contribution in [0.25, 0.3) is 12.2 Å². The number of rotatable bonds is 2. The second-order valence-electron chi connectivity index (χ2n) is 8.09. The average Bonchev–Trinajstić information content (AvgIpc) is 2.44. The standard InChI is InChI=1S/C22H28/c1-21(2,3)19-14-18(15-20(16-19)22(4,5)6)13-12-17-10-8-7-9-11-17/h7-16H,1-6H3/b13-12+. The van der Waals surface area contributed by atoms with E-state index in [0.717, 1.165) is 0 Å². The second kappa shape index (κ2) is 6.12. The van der Waals surface area contributed by atoms with Crippen molar-refractivity contribution in [1.82, 2.24) is 0 Å². The van der Waals surface area contributed by atoms with Crippen molar-refractivity contribution in [2.45, 2.75) is 52.4 Å². The lowest BCUT2D eigenvalue weighted by Crippen LogP contribution is -2.16. The van der Waals surface area contributed by atoms with Gasteiger partial charge in [0.25, 0.3) is 0 Å². The Kier molecular flexibility index (Phi) is 4.60. The molecule has 0 spiro atoms. The lowest BCUT2D eigenvalue weighted by Gasteiger charge is -2.25. The van der Waals surface area contributed by atoms with E-state index < -0.39 is 0 Å². The lowest BCUT2D eigenvalue weighted by molar-refractivity contribution is 0.568. The minimum absolute atomic E-state index is 0.163. The molecule has 0 atom stereocenters. The maximum atomic E-state index is 2.36. The molecule has 0 heterocycles. The highest BCUT2D eigenvalue weighted by Gasteiger charge is 2.19. The van der Waals surface area contributed by atoms with Crippen molar-refractivity contribution in [1.29, 1.82) is 0 Å². The van der Waals surface area contributed by atoms with E-state index in [4.69, 9.17) is 0 Å². The quantitative estimate of drug-likeness (QED) is 0.558. The Balaban J connectivity index is 2.45. The summed E-state index contributed by atoms with van der Waals surface area (Å²) < 4.78 is 0. The largest absolute Gasteiger partial charge is 0.0622 e. The number of hydrogen-bond donors (Lipinski definition) is 0. The summed E-state index contributed by atoms with van der Waals surface area (Å²) in [6, 6.07) is 17.5. The predicted octanol–water partition coefficient (Wildman–Crippen LogP) is 6.45.